The highest BCUT2D eigenvalue weighted by Crippen LogP contribution is 2.31. The van der Waals surface area contributed by atoms with Crippen LogP contribution in [-0.4, -0.2) is 69.0 Å². The van der Waals surface area contributed by atoms with Crippen molar-refractivity contribution < 1.29 is 14.3 Å². The number of carbonyl (C=O) groups is 2. The summed E-state index contributed by atoms with van der Waals surface area (Å²) in [4.78, 5) is 37.5. The monoisotopic (exact) mass is 464 g/mol. The number of carbonyl (C=O) groups excluding carboxylic acids is 2. The van der Waals surface area contributed by atoms with E-state index in [-0.39, 0.29) is 17.9 Å². The van der Waals surface area contributed by atoms with E-state index in [2.05, 4.69) is 4.98 Å². The fourth-order valence-corrected chi connectivity index (χ4v) is 4.20. The highest BCUT2D eigenvalue weighted by Gasteiger charge is 2.30. The summed E-state index contributed by atoms with van der Waals surface area (Å²) >= 11 is 0. The molecule has 0 bridgehead atoms. The van der Waals surface area contributed by atoms with E-state index >= 15 is 0 Å². The van der Waals surface area contributed by atoms with E-state index < -0.39 is 5.60 Å². The highest BCUT2D eigenvalue weighted by molar-refractivity contribution is 5.95. The Morgan fingerprint density at radius 3 is 2.71 bits per heavy atom. The standard InChI is InChI=1S/C25H32N6O3/c1-25(2,3)34-24(33)30-11-7-10-18(14-30)19-15-31-20(13-27-21(26)22(31)28-19)16-8-6-9-17(12-16)23(32)29(4)5/h6,8-9,12-13,15,18H,7,10-11,14H2,1-5H3,(H2,26,27). The fraction of sp³-hybridized carbons (Fsp3) is 0.440. The highest BCUT2D eigenvalue weighted by atomic mass is 16.6. The van der Waals surface area contributed by atoms with Crippen LogP contribution < -0.4 is 5.73 Å². The summed E-state index contributed by atoms with van der Waals surface area (Å²) < 4.78 is 7.48. The van der Waals surface area contributed by atoms with Crippen molar-refractivity contribution in [2.75, 3.05) is 32.9 Å². The number of ether oxygens (including phenoxy) is 1. The van der Waals surface area contributed by atoms with E-state index in [4.69, 9.17) is 15.5 Å². The Balaban J connectivity index is 1.67. The number of aromatic nitrogens is 3. The zero-order valence-corrected chi connectivity index (χ0v) is 20.4. The molecule has 0 aliphatic carbocycles. The number of piperidine rings is 1. The van der Waals surface area contributed by atoms with Gasteiger partial charge in [0, 0.05) is 50.4 Å². The Bertz CT molecular complexity index is 1230. The molecule has 1 saturated heterocycles. The summed E-state index contributed by atoms with van der Waals surface area (Å²) in [5.74, 6) is 0.322. The predicted octanol–water partition coefficient (Wildman–Crippen LogP) is 3.79. The van der Waals surface area contributed by atoms with Gasteiger partial charge >= 0.3 is 6.09 Å². The number of benzene rings is 1. The first-order valence-electron chi connectivity index (χ1n) is 11.5. The quantitative estimate of drug-likeness (QED) is 0.632. The lowest BCUT2D eigenvalue weighted by molar-refractivity contribution is 0.0197. The average molecular weight is 465 g/mol. The van der Waals surface area contributed by atoms with Crippen molar-refractivity contribution >= 4 is 23.5 Å². The first kappa shape index (κ1) is 23.5. The molecule has 0 spiro atoms. The summed E-state index contributed by atoms with van der Waals surface area (Å²) in [5.41, 5.74) is 9.27. The van der Waals surface area contributed by atoms with Gasteiger partial charge in [0.2, 0.25) is 0 Å². The predicted molar refractivity (Wildman–Crippen MR) is 131 cm³/mol. The van der Waals surface area contributed by atoms with Gasteiger partial charge in [0.15, 0.2) is 11.5 Å². The van der Waals surface area contributed by atoms with E-state index in [1.54, 1.807) is 36.2 Å². The lowest BCUT2D eigenvalue weighted by Gasteiger charge is -2.33. The number of hydrogen-bond acceptors (Lipinski definition) is 6. The van der Waals surface area contributed by atoms with Crippen LogP contribution >= 0.6 is 0 Å². The van der Waals surface area contributed by atoms with Crippen LogP contribution in [0.15, 0.2) is 36.7 Å². The summed E-state index contributed by atoms with van der Waals surface area (Å²) in [6, 6.07) is 7.43. The van der Waals surface area contributed by atoms with E-state index in [0.29, 0.717) is 30.1 Å². The van der Waals surface area contributed by atoms with Crippen molar-refractivity contribution in [3.63, 3.8) is 0 Å². The number of likely N-dealkylation sites (tertiary alicyclic amines) is 1. The molecular weight excluding hydrogens is 432 g/mol. The largest absolute Gasteiger partial charge is 0.444 e. The molecule has 3 heterocycles. The van der Waals surface area contributed by atoms with Crippen molar-refractivity contribution in [1.82, 2.24) is 24.2 Å². The van der Waals surface area contributed by atoms with Crippen molar-refractivity contribution in [1.29, 1.82) is 0 Å². The van der Waals surface area contributed by atoms with Gasteiger partial charge in [-0.1, -0.05) is 12.1 Å². The number of nitrogen functional groups attached to an aromatic ring is 1. The molecule has 180 valence electrons. The second-order valence-corrected chi connectivity index (χ2v) is 9.93. The van der Waals surface area contributed by atoms with Crippen LogP contribution in [0.3, 0.4) is 0 Å². The third-order valence-electron chi connectivity index (χ3n) is 5.84. The minimum atomic E-state index is -0.537. The molecule has 34 heavy (non-hydrogen) atoms. The molecule has 1 unspecified atom stereocenters. The third-order valence-corrected chi connectivity index (χ3v) is 5.84. The summed E-state index contributed by atoms with van der Waals surface area (Å²) in [5, 5.41) is 0. The summed E-state index contributed by atoms with van der Waals surface area (Å²) in [6.07, 6.45) is 5.14. The Morgan fingerprint density at radius 2 is 2.00 bits per heavy atom. The maximum absolute atomic E-state index is 12.6. The van der Waals surface area contributed by atoms with Crippen LogP contribution in [0.2, 0.25) is 0 Å². The van der Waals surface area contributed by atoms with Crippen LogP contribution in [0.4, 0.5) is 10.6 Å². The Hall–Kier alpha value is -3.62. The molecular formula is C25H32N6O3. The van der Waals surface area contributed by atoms with Crippen molar-refractivity contribution in [3.05, 3.63) is 47.9 Å². The zero-order chi connectivity index (χ0) is 24.6. The first-order valence-corrected chi connectivity index (χ1v) is 11.5. The van der Waals surface area contributed by atoms with Gasteiger partial charge in [-0.25, -0.2) is 14.8 Å². The molecule has 1 aliphatic rings. The van der Waals surface area contributed by atoms with Crippen LogP contribution in [0.1, 0.15) is 55.6 Å². The van der Waals surface area contributed by atoms with E-state index in [1.165, 1.54) is 0 Å². The van der Waals surface area contributed by atoms with Gasteiger partial charge in [-0.2, -0.15) is 0 Å². The van der Waals surface area contributed by atoms with Gasteiger partial charge in [-0.3, -0.25) is 9.20 Å². The Kier molecular flexibility index (Phi) is 6.20. The number of fused-ring (bicyclic) bond motifs is 1. The second kappa shape index (κ2) is 8.96. The zero-order valence-electron chi connectivity index (χ0n) is 20.4. The lowest BCUT2D eigenvalue weighted by Crippen LogP contribution is -2.42. The van der Waals surface area contributed by atoms with Gasteiger partial charge in [-0.05, 0) is 45.7 Å². The van der Waals surface area contributed by atoms with Crippen molar-refractivity contribution in [2.24, 2.45) is 0 Å². The first-order chi connectivity index (χ1) is 16.0. The maximum atomic E-state index is 12.6. The maximum Gasteiger partial charge on any atom is 0.410 e. The van der Waals surface area contributed by atoms with Gasteiger partial charge in [0.05, 0.1) is 17.6 Å². The SMILES string of the molecule is CN(C)C(=O)c1cccc(-c2cnc(N)c3nc(C4CCCN(C(=O)OC(C)(C)C)C4)cn23)c1. The van der Waals surface area contributed by atoms with Crippen LogP contribution in [0.25, 0.3) is 16.9 Å². The number of anilines is 1. The molecule has 2 amide bonds. The molecule has 9 nitrogen and oxygen atoms in total. The van der Waals surface area contributed by atoms with Crippen molar-refractivity contribution in [3.8, 4) is 11.3 Å². The molecule has 1 fully saturated rings. The average Bonchev–Trinajstić information content (AvgIpc) is 3.24. The second-order valence-electron chi connectivity index (χ2n) is 9.93. The van der Waals surface area contributed by atoms with E-state index in [9.17, 15) is 9.59 Å². The smallest absolute Gasteiger partial charge is 0.410 e. The summed E-state index contributed by atoms with van der Waals surface area (Å²) in [6.45, 7) is 6.81. The van der Waals surface area contributed by atoms with Gasteiger partial charge in [0.25, 0.3) is 5.91 Å². The van der Waals surface area contributed by atoms with Gasteiger partial charge in [0.1, 0.15) is 5.60 Å². The molecule has 4 rings (SSSR count). The van der Waals surface area contributed by atoms with Crippen LogP contribution in [0.5, 0.6) is 0 Å². The van der Waals surface area contributed by atoms with Crippen LogP contribution in [-0.2, 0) is 4.74 Å². The van der Waals surface area contributed by atoms with E-state index in [0.717, 1.165) is 29.8 Å². The molecule has 0 radical (unpaired) electrons. The number of nitrogens with zero attached hydrogens (tertiary/aromatic N) is 5. The number of imidazole rings is 1. The number of amides is 2. The molecule has 9 heteroatoms. The molecule has 3 aromatic rings. The lowest BCUT2D eigenvalue weighted by atomic mass is 9.95. The van der Waals surface area contributed by atoms with Gasteiger partial charge < -0.3 is 20.3 Å². The normalized spacial score (nSPS) is 16.5. The number of hydrogen-bond donors (Lipinski definition) is 1. The van der Waals surface area contributed by atoms with Crippen LogP contribution in [0, 0.1) is 0 Å². The molecule has 2 aromatic heterocycles. The molecule has 1 aromatic carbocycles. The Morgan fingerprint density at radius 1 is 1.24 bits per heavy atom. The molecule has 1 atom stereocenters. The minimum Gasteiger partial charge on any atom is -0.444 e. The Labute approximate surface area is 199 Å². The molecule has 1 aliphatic heterocycles. The number of rotatable bonds is 3. The van der Waals surface area contributed by atoms with E-state index in [1.807, 2.05) is 49.6 Å². The summed E-state index contributed by atoms with van der Waals surface area (Å²) in [7, 11) is 3.45. The minimum absolute atomic E-state index is 0.0649. The fourth-order valence-electron chi connectivity index (χ4n) is 4.20. The molecule has 2 N–H and O–H groups in total. The van der Waals surface area contributed by atoms with Gasteiger partial charge in [-0.15, -0.1) is 0 Å². The third kappa shape index (κ3) is 4.83. The van der Waals surface area contributed by atoms with Crippen molar-refractivity contribution in [2.45, 2.75) is 45.1 Å². The topological polar surface area (TPSA) is 106 Å². The molecule has 0 saturated carbocycles. The number of nitrogens with two attached hydrogens (primary N) is 1.